The molecule has 200 valence electrons. The van der Waals surface area contributed by atoms with Crippen molar-refractivity contribution >= 4 is 17.5 Å². The van der Waals surface area contributed by atoms with E-state index in [4.69, 9.17) is 4.74 Å². The average molecular weight is 510 g/mol. The second-order valence-electron chi connectivity index (χ2n) is 13.8. The molecule has 5 aliphatic rings. The van der Waals surface area contributed by atoms with Crippen LogP contribution in [0.2, 0.25) is 0 Å². The molecule has 2 N–H and O–H groups in total. The second kappa shape index (κ2) is 7.64. The molecule has 0 amide bonds. The number of hydrogen-bond acceptors (Lipinski definition) is 7. The Balaban J connectivity index is 1.71. The van der Waals surface area contributed by atoms with Crippen molar-refractivity contribution < 1.29 is 29.3 Å². The van der Waals surface area contributed by atoms with E-state index in [-0.39, 0.29) is 17.0 Å². The summed E-state index contributed by atoms with van der Waals surface area (Å²) in [5.41, 5.74) is -5.31. The Hall–Kier alpha value is -2.30. The Bertz CT molecular complexity index is 1200. The molecule has 3 fully saturated rings. The Morgan fingerprint density at radius 3 is 2.27 bits per heavy atom. The van der Waals surface area contributed by atoms with Crippen LogP contribution in [-0.2, 0) is 19.1 Å². The summed E-state index contributed by atoms with van der Waals surface area (Å²) >= 11 is 0. The molecule has 0 radical (unpaired) electrons. The van der Waals surface area contributed by atoms with Crippen molar-refractivity contribution in [3.63, 3.8) is 0 Å². The molecule has 37 heavy (non-hydrogen) atoms. The number of esters is 1. The van der Waals surface area contributed by atoms with Gasteiger partial charge in [0.15, 0.2) is 5.78 Å². The third kappa shape index (κ3) is 3.09. The monoisotopic (exact) mass is 509 g/mol. The van der Waals surface area contributed by atoms with Crippen molar-refractivity contribution in [2.75, 3.05) is 7.11 Å². The Morgan fingerprint density at radius 2 is 1.65 bits per heavy atom. The van der Waals surface area contributed by atoms with Crippen molar-refractivity contribution in [2.24, 2.45) is 39.4 Å². The molecule has 5 aliphatic carbocycles. The highest BCUT2D eigenvalue weighted by Gasteiger charge is 2.72. The summed E-state index contributed by atoms with van der Waals surface area (Å²) in [4.78, 5) is 40.3. The molecule has 3 saturated carbocycles. The highest BCUT2D eigenvalue weighted by Crippen LogP contribution is 2.70. The van der Waals surface area contributed by atoms with Gasteiger partial charge in [-0.05, 0) is 68.8 Å². The lowest BCUT2D eigenvalue weighted by Gasteiger charge is -2.66. The van der Waals surface area contributed by atoms with Gasteiger partial charge in [0.1, 0.15) is 17.3 Å². The van der Waals surface area contributed by atoms with Crippen molar-refractivity contribution in [2.45, 2.75) is 90.8 Å². The van der Waals surface area contributed by atoms with E-state index in [2.05, 4.69) is 20.8 Å². The Labute approximate surface area is 218 Å². The number of nitriles is 1. The summed E-state index contributed by atoms with van der Waals surface area (Å²) in [5, 5.41) is 33.6. The third-order valence-corrected chi connectivity index (χ3v) is 11.5. The van der Waals surface area contributed by atoms with E-state index in [1.165, 1.54) is 20.1 Å². The maximum Gasteiger partial charge on any atom is 0.312 e. The molecular weight excluding hydrogens is 470 g/mol. The smallest absolute Gasteiger partial charge is 0.312 e. The average Bonchev–Trinajstić information content (AvgIpc) is 2.82. The van der Waals surface area contributed by atoms with Gasteiger partial charge in [0.05, 0.1) is 18.1 Å². The number of Topliss-reactive ketones (excluding diaryl/α,β-unsaturated/α-hetero) is 1. The minimum Gasteiger partial charge on any atom is -0.469 e. The van der Waals surface area contributed by atoms with Gasteiger partial charge in [-0.15, -0.1) is 0 Å². The van der Waals surface area contributed by atoms with Crippen LogP contribution in [0.3, 0.4) is 0 Å². The number of carbonyl (C=O) groups is 3. The minimum absolute atomic E-state index is 0.0930. The van der Waals surface area contributed by atoms with Gasteiger partial charge >= 0.3 is 5.97 Å². The molecule has 5 rings (SSSR count). The summed E-state index contributed by atoms with van der Waals surface area (Å²) in [6.07, 6.45) is 7.24. The zero-order chi connectivity index (χ0) is 27.4. The number of ketones is 2. The predicted octanol–water partition coefficient (Wildman–Crippen LogP) is 3.83. The molecule has 8 atom stereocenters. The van der Waals surface area contributed by atoms with Gasteiger partial charge in [-0.1, -0.05) is 39.3 Å². The normalized spacial score (nSPS) is 48.2. The second-order valence-corrected chi connectivity index (χ2v) is 13.8. The lowest BCUT2D eigenvalue weighted by Crippen LogP contribution is -2.71. The SMILES string of the molecule is COC(=O)[C@@]12CCC3[C@](O)(C(=O)C=C4[C@@]5(C)C=C(C#N)C(=O)[C@@](C)(O)C5CC[C@]43C)C1CC(C)(C)CC2. The van der Waals surface area contributed by atoms with E-state index in [0.29, 0.717) is 38.5 Å². The van der Waals surface area contributed by atoms with E-state index < -0.39 is 56.8 Å². The van der Waals surface area contributed by atoms with Crippen LogP contribution in [0.25, 0.3) is 0 Å². The fraction of sp³-hybridized carbons (Fsp3) is 0.733. The maximum absolute atomic E-state index is 14.2. The van der Waals surface area contributed by atoms with Gasteiger partial charge in [0.25, 0.3) is 0 Å². The lowest BCUT2D eigenvalue weighted by atomic mass is 9.38. The highest BCUT2D eigenvalue weighted by atomic mass is 16.5. The number of allylic oxidation sites excluding steroid dienone is 2. The molecule has 0 heterocycles. The molecule has 0 spiro atoms. The maximum atomic E-state index is 14.2. The Morgan fingerprint density at radius 1 is 1.00 bits per heavy atom. The first-order valence-electron chi connectivity index (χ1n) is 13.5. The van der Waals surface area contributed by atoms with Crippen LogP contribution in [0, 0.1) is 50.7 Å². The van der Waals surface area contributed by atoms with Crippen molar-refractivity contribution in [1.29, 1.82) is 5.26 Å². The van der Waals surface area contributed by atoms with E-state index in [9.17, 15) is 29.9 Å². The van der Waals surface area contributed by atoms with E-state index in [1.54, 1.807) is 6.08 Å². The first-order valence-corrected chi connectivity index (χ1v) is 13.5. The van der Waals surface area contributed by atoms with Crippen LogP contribution in [0.1, 0.15) is 79.6 Å². The van der Waals surface area contributed by atoms with Crippen LogP contribution in [0.15, 0.2) is 23.3 Å². The number of rotatable bonds is 1. The quantitative estimate of drug-likeness (QED) is 0.515. The number of fused-ring (bicyclic) bond motifs is 7. The summed E-state index contributed by atoms with van der Waals surface area (Å²) in [6, 6.07) is 1.96. The van der Waals surface area contributed by atoms with Gasteiger partial charge in [-0.2, -0.15) is 5.26 Å². The van der Waals surface area contributed by atoms with E-state index in [0.717, 1.165) is 12.0 Å². The van der Waals surface area contributed by atoms with E-state index in [1.807, 2.05) is 13.0 Å². The zero-order valence-electron chi connectivity index (χ0n) is 22.8. The van der Waals surface area contributed by atoms with E-state index >= 15 is 0 Å². The fourth-order valence-electron chi connectivity index (χ4n) is 9.56. The largest absolute Gasteiger partial charge is 0.469 e. The van der Waals surface area contributed by atoms with Gasteiger partial charge in [-0.3, -0.25) is 14.4 Å². The first kappa shape index (κ1) is 26.3. The van der Waals surface area contributed by atoms with Crippen LogP contribution in [0.4, 0.5) is 0 Å². The summed E-state index contributed by atoms with van der Waals surface area (Å²) in [5.74, 6) is -2.82. The number of hydrogen-bond donors (Lipinski definition) is 2. The zero-order valence-corrected chi connectivity index (χ0v) is 22.8. The summed E-state index contributed by atoms with van der Waals surface area (Å²) in [6.45, 7) is 9.70. The van der Waals surface area contributed by atoms with Crippen LogP contribution >= 0.6 is 0 Å². The number of carbonyl (C=O) groups excluding carboxylic acids is 3. The van der Waals surface area contributed by atoms with Crippen LogP contribution in [0.5, 0.6) is 0 Å². The molecule has 0 aromatic heterocycles. The van der Waals surface area contributed by atoms with Gasteiger partial charge in [-0.25, -0.2) is 0 Å². The van der Waals surface area contributed by atoms with Crippen LogP contribution < -0.4 is 0 Å². The molecule has 7 nitrogen and oxygen atoms in total. The topological polar surface area (TPSA) is 125 Å². The third-order valence-electron chi connectivity index (χ3n) is 11.5. The van der Waals surface area contributed by atoms with Crippen molar-refractivity contribution in [1.82, 2.24) is 0 Å². The molecule has 7 heteroatoms. The molecule has 0 aliphatic heterocycles. The fourth-order valence-corrected chi connectivity index (χ4v) is 9.56. The number of aliphatic hydroxyl groups is 2. The van der Waals surface area contributed by atoms with Gasteiger partial charge in [0, 0.05) is 23.2 Å². The van der Waals surface area contributed by atoms with Crippen molar-refractivity contribution in [3.05, 3.63) is 23.3 Å². The van der Waals surface area contributed by atoms with Crippen LogP contribution in [-0.4, -0.2) is 46.1 Å². The molecular formula is C30H39NO6. The number of ether oxygens (including phenoxy) is 1. The molecule has 0 aromatic carbocycles. The number of methoxy groups -OCH3 is 1. The van der Waals surface area contributed by atoms with Crippen molar-refractivity contribution in [3.8, 4) is 6.07 Å². The minimum atomic E-state index is -1.73. The molecule has 0 aromatic rings. The predicted molar refractivity (Wildman–Crippen MR) is 135 cm³/mol. The standard InChI is InChI=1S/C30H39NO6/c1-25(2)11-12-29(24(34)37-6)10-8-19-26(3)9-7-18-27(4,14-17(16-31)23(33)28(18,5)35)20(26)13-22(32)30(19,36)21(29)15-25/h13-14,18-19,21,35-36H,7-12,15H2,1-6H3/t18?,19?,21?,26-,27-,28-,29+,30+/m0/s1. The number of nitrogens with zero attached hydrogens (tertiary/aromatic N) is 1. The molecule has 0 bridgehead atoms. The summed E-state index contributed by atoms with van der Waals surface area (Å²) < 4.78 is 5.28. The lowest BCUT2D eigenvalue weighted by molar-refractivity contribution is -0.219. The highest BCUT2D eigenvalue weighted by molar-refractivity contribution is 6.06. The molecule has 0 saturated heterocycles. The first-order chi connectivity index (χ1) is 17.0. The Kier molecular flexibility index (Phi) is 5.43. The van der Waals surface area contributed by atoms with Gasteiger partial charge < -0.3 is 14.9 Å². The van der Waals surface area contributed by atoms with Gasteiger partial charge in [0.2, 0.25) is 5.78 Å². The summed E-state index contributed by atoms with van der Waals surface area (Å²) in [7, 11) is 1.38. The molecule has 3 unspecified atom stereocenters.